The van der Waals surface area contributed by atoms with Crippen LogP contribution in [-0.2, 0) is 9.53 Å². The van der Waals surface area contributed by atoms with Crippen LogP contribution in [0.5, 0.6) is 5.75 Å². The van der Waals surface area contributed by atoms with Gasteiger partial charge in [0.1, 0.15) is 19.0 Å². The molecule has 0 amide bonds. The predicted molar refractivity (Wildman–Crippen MR) is 78.4 cm³/mol. The van der Waals surface area contributed by atoms with Crippen molar-refractivity contribution < 1.29 is 14.3 Å². The van der Waals surface area contributed by atoms with Gasteiger partial charge in [0, 0.05) is 6.08 Å². The molecule has 2 rings (SSSR count). The number of ether oxygens (including phenoxy) is 2. The molecule has 3 nitrogen and oxygen atoms in total. The van der Waals surface area contributed by atoms with E-state index >= 15 is 0 Å². The molecular formula is C17H16O3. The Hall–Kier alpha value is -2.55. The van der Waals surface area contributed by atoms with Crippen molar-refractivity contribution in [3.8, 4) is 5.75 Å². The summed E-state index contributed by atoms with van der Waals surface area (Å²) in [5, 5.41) is 0. The third kappa shape index (κ3) is 4.98. The van der Waals surface area contributed by atoms with E-state index < -0.39 is 0 Å². The van der Waals surface area contributed by atoms with Crippen LogP contribution in [-0.4, -0.2) is 19.2 Å². The molecule has 20 heavy (non-hydrogen) atoms. The van der Waals surface area contributed by atoms with Crippen molar-refractivity contribution in [2.75, 3.05) is 13.2 Å². The number of carbonyl (C=O) groups excluding carboxylic acids is 1. The molecule has 102 valence electrons. The average Bonchev–Trinajstić information content (AvgIpc) is 2.52. The number of benzene rings is 2. The van der Waals surface area contributed by atoms with Gasteiger partial charge in [-0.05, 0) is 23.8 Å². The monoisotopic (exact) mass is 268 g/mol. The fourth-order valence-corrected chi connectivity index (χ4v) is 1.60. The maximum Gasteiger partial charge on any atom is 0.330 e. The zero-order valence-corrected chi connectivity index (χ0v) is 11.1. The largest absolute Gasteiger partial charge is 0.490 e. The zero-order valence-electron chi connectivity index (χ0n) is 11.1. The third-order valence-corrected chi connectivity index (χ3v) is 2.55. The lowest BCUT2D eigenvalue weighted by Crippen LogP contribution is -2.10. The summed E-state index contributed by atoms with van der Waals surface area (Å²) in [6, 6.07) is 19.0. The Balaban J connectivity index is 1.67. The lowest BCUT2D eigenvalue weighted by molar-refractivity contribution is -0.138. The Bertz CT molecular complexity index is 547. The number of carbonyl (C=O) groups is 1. The molecular weight excluding hydrogens is 252 g/mol. The quantitative estimate of drug-likeness (QED) is 0.458. The molecule has 0 fully saturated rings. The standard InChI is InChI=1S/C17H16O3/c18-17(12-11-15-7-3-1-4-8-15)20-14-13-19-16-9-5-2-6-10-16/h1-12H,13-14H2/b12-11-. The summed E-state index contributed by atoms with van der Waals surface area (Å²) in [5.74, 6) is 0.397. The van der Waals surface area contributed by atoms with Crippen molar-refractivity contribution in [2.45, 2.75) is 0 Å². The molecule has 0 saturated heterocycles. The minimum absolute atomic E-state index is 0.229. The van der Waals surface area contributed by atoms with E-state index in [0.717, 1.165) is 11.3 Å². The van der Waals surface area contributed by atoms with Gasteiger partial charge in [0.25, 0.3) is 0 Å². The van der Waals surface area contributed by atoms with Gasteiger partial charge >= 0.3 is 5.97 Å². The molecule has 0 atom stereocenters. The van der Waals surface area contributed by atoms with Crippen LogP contribution < -0.4 is 4.74 Å². The third-order valence-electron chi connectivity index (χ3n) is 2.55. The smallest absolute Gasteiger partial charge is 0.330 e. The van der Waals surface area contributed by atoms with E-state index in [1.54, 1.807) is 6.08 Å². The molecule has 0 spiro atoms. The van der Waals surface area contributed by atoms with Gasteiger partial charge < -0.3 is 9.47 Å². The number of esters is 1. The summed E-state index contributed by atoms with van der Waals surface area (Å²) in [5.41, 5.74) is 0.963. The molecule has 0 aromatic heterocycles. The van der Waals surface area contributed by atoms with Crippen LogP contribution >= 0.6 is 0 Å². The Kier molecular flexibility index (Phi) is 5.40. The van der Waals surface area contributed by atoms with Crippen molar-refractivity contribution in [2.24, 2.45) is 0 Å². The van der Waals surface area contributed by atoms with E-state index in [4.69, 9.17) is 9.47 Å². The van der Waals surface area contributed by atoms with Crippen LogP contribution in [0.3, 0.4) is 0 Å². The topological polar surface area (TPSA) is 35.5 Å². The van der Waals surface area contributed by atoms with Gasteiger partial charge in [-0.3, -0.25) is 0 Å². The van der Waals surface area contributed by atoms with Crippen molar-refractivity contribution >= 4 is 12.0 Å². The summed E-state index contributed by atoms with van der Waals surface area (Å²) >= 11 is 0. The fraction of sp³-hybridized carbons (Fsp3) is 0.118. The molecule has 0 unspecified atom stereocenters. The van der Waals surface area contributed by atoms with Gasteiger partial charge in [0.2, 0.25) is 0 Å². The predicted octanol–water partition coefficient (Wildman–Crippen LogP) is 3.32. The second-order valence-electron chi connectivity index (χ2n) is 4.07. The normalized spacial score (nSPS) is 10.4. The first-order valence-electron chi connectivity index (χ1n) is 6.42. The van der Waals surface area contributed by atoms with E-state index in [1.165, 1.54) is 6.08 Å². The maximum atomic E-state index is 11.5. The highest BCUT2D eigenvalue weighted by molar-refractivity contribution is 5.86. The molecule has 0 aliphatic carbocycles. The average molecular weight is 268 g/mol. The second kappa shape index (κ2) is 7.79. The molecule has 0 radical (unpaired) electrons. The number of hydrogen-bond acceptors (Lipinski definition) is 3. The van der Waals surface area contributed by atoms with Crippen LogP contribution in [0.4, 0.5) is 0 Å². The highest BCUT2D eigenvalue weighted by Gasteiger charge is 1.97. The van der Waals surface area contributed by atoms with Gasteiger partial charge in [0.15, 0.2) is 0 Å². The first-order chi connectivity index (χ1) is 9.84. The van der Waals surface area contributed by atoms with E-state index in [-0.39, 0.29) is 12.6 Å². The Labute approximate surface area is 118 Å². The molecule has 0 aliphatic rings. The molecule has 0 bridgehead atoms. The summed E-state index contributed by atoms with van der Waals surface area (Å²) in [6.45, 7) is 0.571. The molecule has 2 aromatic rings. The minimum atomic E-state index is -0.370. The Morgan fingerprint density at radius 3 is 2.25 bits per heavy atom. The van der Waals surface area contributed by atoms with Crippen LogP contribution in [0.25, 0.3) is 6.08 Å². The van der Waals surface area contributed by atoms with Crippen LogP contribution in [0.2, 0.25) is 0 Å². The highest BCUT2D eigenvalue weighted by Crippen LogP contribution is 2.07. The highest BCUT2D eigenvalue weighted by atomic mass is 16.6. The molecule has 2 aromatic carbocycles. The summed E-state index contributed by atoms with van der Waals surface area (Å²) in [6.07, 6.45) is 3.14. The van der Waals surface area contributed by atoms with Gasteiger partial charge in [-0.2, -0.15) is 0 Å². The van der Waals surface area contributed by atoms with Gasteiger partial charge in [-0.25, -0.2) is 4.79 Å². The van der Waals surface area contributed by atoms with Gasteiger partial charge in [-0.15, -0.1) is 0 Å². The number of para-hydroxylation sites is 1. The summed E-state index contributed by atoms with van der Waals surface area (Å²) < 4.78 is 10.5. The number of rotatable bonds is 6. The first-order valence-corrected chi connectivity index (χ1v) is 6.42. The summed E-state index contributed by atoms with van der Waals surface area (Å²) in [7, 11) is 0. The molecule has 0 heterocycles. The van der Waals surface area contributed by atoms with Gasteiger partial charge in [-0.1, -0.05) is 48.5 Å². The first kappa shape index (κ1) is 13.9. The van der Waals surface area contributed by atoms with Crippen molar-refractivity contribution in [3.63, 3.8) is 0 Å². The molecule has 0 N–H and O–H groups in total. The maximum absolute atomic E-state index is 11.5. The lowest BCUT2D eigenvalue weighted by Gasteiger charge is -2.05. The van der Waals surface area contributed by atoms with Crippen molar-refractivity contribution in [1.82, 2.24) is 0 Å². The Morgan fingerprint density at radius 1 is 0.900 bits per heavy atom. The van der Waals surface area contributed by atoms with E-state index in [1.807, 2.05) is 60.7 Å². The minimum Gasteiger partial charge on any atom is -0.490 e. The molecule has 0 aliphatic heterocycles. The number of hydrogen-bond donors (Lipinski definition) is 0. The summed E-state index contributed by atoms with van der Waals surface area (Å²) in [4.78, 5) is 11.5. The molecule has 0 saturated carbocycles. The lowest BCUT2D eigenvalue weighted by atomic mass is 10.2. The second-order valence-corrected chi connectivity index (χ2v) is 4.07. The SMILES string of the molecule is O=C(/C=C\c1ccccc1)OCCOc1ccccc1. The molecule has 3 heteroatoms. The van der Waals surface area contributed by atoms with Crippen molar-refractivity contribution in [1.29, 1.82) is 0 Å². The van der Waals surface area contributed by atoms with E-state index in [2.05, 4.69) is 0 Å². The fourth-order valence-electron chi connectivity index (χ4n) is 1.60. The van der Waals surface area contributed by atoms with Crippen molar-refractivity contribution in [3.05, 3.63) is 72.3 Å². The van der Waals surface area contributed by atoms with E-state index in [9.17, 15) is 4.79 Å². The zero-order chi connectivity index (χ0) is 14.0. The van der Waals surface area contributed by atoms with Crippen LogP contribution in [0, 0.1) is 0 Å². The van der Waals surface area contributed by atoms with Gasteiger partial charge in [0.05, 0.1) is 0 Å². The van der Waals surface area contributed by atoms with Crippen LogP contribution in [0.15, 0.2) is 66.7 Å². The van der Waals surface area contributed by atoms with E-state index in [0.29, 0.717) is 6.61 Å². The van der Waals surface area contributed by atoms with Crippen LogP contribution in [0.1, 0.15) is 5.56 Å². The Morgan fingerprint density at radius 2 is 1.55 bits per heavy atom.